The van der Waals surface area contributed by atoms with Crippen LogP contribution in [-0.4, -0.2) is 68.1 Å². The van der Waals surface area contributed by atoms with Crippen LogP contribution in [0, 0.1) is 5.82 Å². The minimum atomic E-state index is -0.502. The van der Waals surface area contributed by atoms with Crippen LogP contribution < -0.4 is 20.9 Å². The molecule has 0 aromatic heterocycles. The molecule has 3 fully saturated rings. The van der Waals surface area contributed by atoms with E-state index in [4.69, 9.17) is 0 Å². The zero-order chi connectivity index (χ0) is 25.5. The molecule has 3 saturated heterocycles. The van der Waals surface area contributed by atoms with Gasteiger partial charge in [0.1, 0.15) is 11.9 Å². The number of anilines is 2. The maximum atomic E-state index is 14.7. The monoisotopic (exact) mass is 479 g/mol. The Morgan fingerprint density at radius 1 is 0.912 bits per heavy atom. The number of benzene rings is 1. The van der Waals surface area contributed by atoms with Crippen molar-refractivity contribution in [3.8, 4) is 0 Å². The van der Waals surface area contributed by atoms with Gasteiger partial charge < -0.3 is 15.5 Å². The van der Waals surface area contributed by atoms with Gasteiger partial charge in [0, 0.05) is 57.4 Å². The highest BCUT2D eigenvalue weighted by Gasteiger charge is 2.28. The smallest absolute Gasteiger partial charge is 0.249 e. The first kappa shape index (κ1) is 29.8. The molecule has 8 heteroatoms. The first-order valence-electron chi connectivity index (χ1n) is 13.2. The fourth-order valence-corrected chi connectivity index (χ4v) is 4.40. The van der Waals surface area contributed by atoms with Crippen molar-refractivity contribution in [2.24, 2.45) is 0 Å². The van der Waals surface area contributed by atoms with Gasteiger partial charge in [-0.2, -0.15) is 0 Å². The van der Waals surface area contributed by atoms with Gasteiger partial charge in [-0.25, -0.2) is 4.39 Å². The highest BCUT2D eigenvalue weighted by molar-refractivity contribution is 6.01. The van der Waals surface area contributed by atoms with Crippen LogP contribution in [-0.2, 0) is 9.59 Å². The van der Waals surface area contributed by atoms with E-state index in [9.17, 15) is 14.0 Å². The Bertz CT molecular complexity index is 732. The third kappa shape index (κ3) is 8.55. The molecule has 4 rings (SSSR count). The standard InChI is InChI=1S/C20H28FN5O2.3C2H6/c21-16-13-14(23-17-2-4-19(27)24-20(17)28)1-3-18(16)26-9-5-15(6-10-26)25-11-7-22-8-12-25;3*1-2/h1,3,13,15,17,22-23H,2,4-12H2,(H,24,27,28);3*1-2H3. The van der Waals surface area contributed by atoms with Crippen molar-refractivity contribution in [3.63, 3.8) is 0 Å². The average Bonchev–Trinajstić information content (AvgIpc) is 2.90. The number of piperazine rings is 1. The van der Waals surface area contributed by atoms with Crippen molar-refractivity contribution in [1.82, 2.24) is 15.5 Å². The van der Waals surface area contributed by atoms with Gasteiger partial charge in [-0.1, -0.05) is 41.5 Å². The summed E-state index contributed by atoms with van der Waals surface area (Å²) in [7, 11) is 0. The van der Waals surface area contributed by atoms with Crippen LogP contribution in [0.1, 0.15) is 67.2 Å². The Balaban J connectivity index is 0.000000894. The summed E-state index contributed by atoms with van der Waals surface area (Å²) < 4.78 is 14.7. The predicted molar refractivity (Wildman–Crippen MR) is 140 cm³/mol. The van der Waals surface area contributed by atoms with Gasteiger partial charge in [0.2, 0.25) is 11.8 Å². The van der Waals surface area contributed by atoms with Gasteiger partial charge in [0.15, 0.2) is 0 Å². The molecule has 1 aromatic carbocycles. The highest BCUT2D eigenvalue weighted by atomic mass is 19.1. The molecule has 2 amide bonds. The zero-order valence-electron chi connectivity index (χ0n) is 22.0. The lowest BCUT2D eigenvalue weighted by Gasteiger charge is -2.41. The molecule has 1 aromatic rings. The van der Waals surface area contributed by atoms with Crippen molar-refractivity contribution in [1.29, 1.82) is 0 Å². The lowest BCUT2D eigenvalue weighted by molar-refractivity contribution is -0.133. The van der Waals surface area contributed by atoms with Crippen molar-refractivity contribution in [2.45, 2.75) is 79.3 Å². The quantitative estimate of drug-likeness (QED) is 0.567. The Morgan fingerprint density at radius 2 is 1.53 bits per heavy atom. The summed E-state index contributed by atoms with van der Waals surface area (Å²) >= 11 is 0. The lowest BCUT2D eigenvalue weighted by atomic mass is 10.0. The minimum absolute atomic E-state index is 0.256. The molecule has 7 nitrogen and oxygen atoms in total. The molecule has 0 spiro atoms. The molecule has 0 bridgehead atoms. The number of halogens is 1. The fraction of sp³-hybridized carbons (Fsp3) is 0.692. The number of piperidine rings is 2. The number of nitrogens with zero attached hydrogens (tertiary/aromatic N) is 2. The average molecular weight is 480 g/mol. The minimum Gasteiger partial charge on any atom is -0.374 e. The Hall–Kier alpha value is -2.19. The van der Waals surface area contributed by atoms with Crippen LogP contribution in [0.2, 0.25) is 0 Å². The number of nitrogens with one attached hydrogen (secondary N) is 3. The molecule has 0 aliphatic carbocycles. The molecular weight excluding hydrogens is 433 g/mol. The molecule has 3 N–H and O–H groups in total. The van der Waals surface area contributed by atoms with Crippen LogP contribution >= 0.6 is 0 Å². The van der Waals surface area contributed by atoms with E-state index in [1.807, 2.05) is 47.6 Å². The van der Waals surface area contributed by atoms with Crippen LogP contribution in [0.25, 0.3) is 0 Å². The van der Waals surface area contributed by atoms with Crippen molar-refractivity contribution in [3.05, 3.63) is 24.0 Å². The summed E-state index contributed by atoms with van der Waals surface area (Å²) in [5, 5.41) is 8.73. The van der Waals surface area contributed by atoms with E-state index in [0.717, 1.165) is 52.1 Å². The maximum Gasteiger partial charge on any atom is 0.249 e. The SMILES string of the molecule is CC.CC.CC.O=C1CCC(Nc2ccc(N3CCC(N4CCNCC4)CC3)c(F)c2)C(=O)N1. The van der Waals surface area contributed by atoms with Crippen molar-refractivity contribution >= 4 is 23.2 Å². The molecule has 0 saturated carbocycles. The van der Waals surface area contributed by atoms with E-state index in [1.54, 1.807) is 6.07 Å². The number of carbonyl (C=O) groups is 2. The summed E-state index contributed by atoms with van der Waals surface area (Å²) in [5.41, 5.74) is 1.18. The number of amides is 2. The van der Waals surface area contributed by atoms with Crippen molar-refractivity contribution < 1.29 is 14.0 Å². The van der Waals surface area contributed by atoms with Gasteiger partial charge in [-0.3, -0.25) is 19.8 Å². The molecule has 3 aliphatic heterocycles. The fourth-order valence-electron chi connectivity index (χ4n) is 4.40. The summed E-state index contributed by atoms with van der Waals surface area (Å²) in [4.78, 5) is 27.8. The molecular formula is C26H46FN5O2. The normalized spacial score (nSPS) is 21.0. The van der Waals surface area contributed by atoms with E-state index >= 15 is 0 Å². The van der Waals surface area contributed by atoms with E-state index in [-0.39, 0.29) is 17.6 Å². The van der Waals surface area contributed by atoms with E-state index in [0.29, 0.717) is 30.3 Å². The van der Waals surface area contributed by atoms with Gasteiger partial charge in [0.05, 0.1) is 5.69 Å². The van der Waals surface area contributed by atoms with Crippen molar-refractivity contribution in [2.75, 3.05) is 49.5 Å². The summed E-state index contributed by atoms with van der Waals surface area (Å²) in [6, 6.07) is 5.13. The molecule has 3 heterocycles. The summed E-state index contributed by atoms with van der Waals surface area (Å²) in [5.74, 6) is -0.887. The molecule has 3 aliphatic rings. The third-order valence-electron chi connectivity index (χ3n) is 6.00. The van der Waals surface area contributed by atoms with E-state index in [2.05, 4.69) is 25.8 Å². The molecule has 0 radical (unpaired) electrons. The number of imide groups is 1. The Morgan fingerprint density at radius 3 is 2.09 bits per heavy atom. The zero-order valence-corrected chi connectivity index (χ0v) is 22.0. The molecule has 1 unspecified atom stereocenters. The van der Waals surface area contributed by atoms with E-state index < -0.39 is 6.04 Å². The molecule has 1 atom stereocenters. The lowest BCUT2D eigenvalue weighted by Crippen LogP contribution is -2.52. The van der Waals surface area contributed by atoms with Crippen LogP contribution in [0.4, 0.5) is 15.8 Å². The van der Waals surface area contributed by atoms with Crippen LogP contribution in [0.15, 0.2) is 18.2 Å². The van der Waals surface area contributed by atoms with Gasteiger partial charge in [0.25, 0.3) is 0 Å². The topological polar surface area (TPSA) is 76.7 Å². The summed E-state index contributed by atoms with van der Waals surface area (Å²) in [6.07, 6.45) is 2.82. The third-order valence-corrected chi connectivity index (χ3v) is 6.00. The number of hydrogen-bond acceptors (Lipinski definition) is 6. The van der Waals surface area contributed by atoms with Gasteiger partial charge >= 0.3 is 0 Å². The van der Waals surface area contributed by atoms with Gasteiger partial charge in [-0.15, -0.1) is 0 Å². The second-order valence-electron chi connectivity index (χ2n) is 7.82. The van der Waals surface area contributed by atoms with Crippen LogP contribution in [0.5, 0.6) is 0 Å². The second kappa shape index (κ2) is 16.4. The number of carbonyl (C=O) groups excluding carboxylic acids is 2. The van der Waals surface area contributed by atoms with Crippen LogP contribution in [0.3, 0.4) is 0 Å². The number of rotatable bonds is 4. The maximum absolute atomic E-state index is 14.7. The van der Waals surface area contributed by atoms with Gasteiger partial charge in [-0.05, 0) is 37.5 Å². The number of hydrogen-bond donors (Lipinski definition) is 3. The second-order valence-corrected chi connectivity index (χ2v) is 7.82. The highest BCUT2D eigenvalue weighted by Crippen LogP contribution is 2.28. The summed E-state index contributed by atoms with van der Waals surface area (Å²) in [6.45, 7) is 18.0. The predicted octanol–water partition coefficient (Wildman–Crippen LogP) is 4.00. The molecule has 34 heavy (non-hydrogen) atoms. The largest absolute Gasteiger partial charge is 0.374 e. The Kier molecular flexibility index (Phi) is 14.4. The Labute approximate surface area is 205 Å². The first-order chi connectivity index (χ1) is 16.6. The molecule has 194 valence electrons. The van der Waals surface area contributed by atoms with E-state index in [1.165, 1.54) is 6.07 Å². The first-order valence-corrected chi connectivity index (χ1v) is 13.2.